The summed E-state index contributed by atoms with van der Waals surface area (Å²) >= 11 is 0. The maximum atomic E-state index is 6.00. The van der Waals surface area contributed by atoms with Gasteiger partial charge in [0, 0.05) is 45.1 Å². The van der Waals surface area contributed by atoms with Crippen LogP contribution < -0.4 is 5.32 Å². The minimum Gasteiger partial charge on any atom is -0.381 e. The molecule has 0 saturated carbocycles. The highest BCUT2D eigenvalue weighted by molar-refractivity contribution is 5.01. The Morgan fingerprint density at radius 1 is 1.44 bits per heavy atom. The number of rotatable bonds is 6. The molecule has 1 aliphatic rings. The van der Waals surface area contributed by atoms with Gasteiger partial charge in [-0.05, 0) is 13.5 Å². The summed E-state index contributed by atoms with van der Waals surface area (Å²) in [5.74, 6) is 2.75. The lowest BCUT2D eigenvalue weighted by molar-refractivity contribution is -0.125. The minimum atomic E-state index is -0.130. The zero-order valence-electron chi connectivity index (χ0n) is 10.4. The Labute approximate surface area is 98.9 Å². The van der Waals surface area contributed by atoms with E-state index in [-0.39, 0.29) is 11.6 Å². The maximum Gasteiger partial charge on any atom is 0.0887 e. The molecular weight excluding hydrogens is 202 g/mol. The summed E-state index contributed by atoms with van der Waals surface area (Å²) in [7, 11) is 0. The van der Waals surface area contributed by atoms with Crippen molar-refractivity contribution in [3.05, 3.63) is 0 Å². The Kier molecular flexibility index (Phi) is 5.83. The summed E-state index contributed by atoms with van der Waals surface area (Å²) in [5.41, 5.74) is -0.130. The SMILES string of the molecule is C#CCC(NCC)C1(OCC)CCOCC1. The van der Waals surface area contributed by atoms with E-state index in [4.69, 9.17) is 15.9 Å². The van der Waals surface area contributed by atoms with Crippen LogP contribution in [0.2, 0.25) is 0 Å². The van der Waals surface area contributed by atoms with Crippen molar-refractivity contribution in [1.82, 2.24) is 5.32 Å². The summed E-state index contributed by atoms with van der Waals surface area (Å²) in [6.45, 7) is 7.33. The topological polar surface area (TPSA) is 30.5 Å². The van der Waals surface area contributed by atoms with Crippen LogP contribution in [-0.2, 0) is 9.47 Å². The highest BCUT2D eigenvalue weighted by atomic mass is 16.5. The Hall–Kier alpha value is -0.560. The molecule has 1 N–H and O–H groups in total. The molecule has 1 heterocycles. The van der Waals surface area contributed by atoms with Gasteiger partial charge in [-0.2, -0.15) is 0 Å². The van der Waals surface area contributed by atoms with Crippen molar-refractivity contribution >= 4 is 0 Å². The fraction of sp³-hybridized carbons (Fsp3) is 0.846. The Morgan fingerprint density at radius 3 is 2.62 bits per heavy atom. The summed E-state index contributed by atoms with van der Waals surface area (Å²) in [5, 5.41) is 3.46. The normalized spacial score (nSPS) is 21.3. The summed E-state index contributed by atoms with van der Waals surface area (Å²) in [6, 6.07) is 0.242. The molecule has 1 rings (SSSR count). The van der Waals surface area contributed by atoms with E-state index in [1.807, 2.05) is 6.92 Å². The van der Waals surface area contributed by atoms with Gasteiger partial charge in [0.15, 0.2) is 0 Å². The molecule has 1 unspecified atom stereocenters. The molecule has 1 fully saturated rings. The number of ether oxygens (including phenoxy) is 2. The van der Waals surface area contributed by atoms with E-state index in [1.165, 1.54) is 0 Å². The largest absolute Gasteiger partial charge is 0.381 e. The highest BCUT2D eigenvalue weighted by Gasteiger charge is 2.40. The molecule has 0 aliphatic carbocycles. The second kappa shape index (κ2) is 6.90. The van der Waals surface area contributed by atoms with E-state index in [0.717, 1.165) is 39.2 Å². The Bertz CT molecular complexity index is 223. The first kappa shape index (κ1) is 13.5. The number of hydrogen-bond donors (Lipinski definition) is 1. The predicted molar refractivity (Wildman–Crippen MR) is 65.3 cm³/mol. The van der Waals surface area contributed by atoms with Crippen molar-refractivity contribution in [1.29, 1.82) is 0 Å². The lowest BCUT2D eigenvalue weighted by atomic mass is 9.84. The zero-order valence-corrected chi connectivity index (χ0v) is 10.4. The third-order valence-corrected chi connectivity index (χ3v) is 3.18. The highest BCUT2D eigenvalue weighted by Crippen LogP contribution is 2.30. The number of nitrogens with one attached hydrogen (secondary N) is 1. The van der Waals surface area contributed by atoms with Crippen molar-refractivity contribution in [2.45, 2.75) is 44.8 Å². The lowest BCUT2D eigenvalue weighted by Gasteiger charge is -2.42. The molecule has 0 amide bonds. The minimum absolute atomic E-state index is 0.130. The van der Waals surface area contributed by atoms with Gasteiger partial charge < -0.3 is 14.8 Å². The van der Waals surface area contributed by atoms with Crippen LogP contribution in [0.5, 0.6) is 0 Å². The molecule has 0 aromatic rings. The molecule has 3 nitrogen and oxygen atoms in total. The summed E-state index contributed by atoms with van der Waals surface area (Å²) in [6.07, 6.45) is 8.02. The molecule has 0 radical (unpaired) electrons. The second-order valence-corrected chi connectivity index (χ2v) is 4.13. The molecule has 0 spiro atoms. The van der Waals surface area contributed by atoms with Gasteiger partial charge in [-0.15, -0.1) is 12.3 Å². The Balaban J connectivity index is 2.74. The summed E-state index contributed by atoms with van der Waals surface area (Å²) < 4.78 is 11.4. The first-order valence-electron chi connectivity index (χ1n) is 6.17. The van der Waals surface area contributed by atoms with E-state index in [9.17, 15) is 0 Å². The molecule has 0 aromatic carbocycles. The Morgan fingerprint density at radius 2 is 2.12 bits per heavy atom. The van der Waals surface area contributed by atoms with Crippen LogP contribution in [0.4, 0.5) is 0 Å². The number of hydrogen-bond acceptors (Lipinski definition) is 3. The van der Waals surface area contributed by atoms with Gasteiger partial charge in [-0.1, -0.05) is 6.92 Å². The van der Waals surface area contributed by atoms with Crippen LogP contribution in [-0.4, -0.2) is 38.0 Å². The molecule has 1 saturated heterocycles. The van der Waals surface area contributed by atoms with Gasteiger partial charge in [0.1, 0.15) is 0 Å². The molecule has 16 heavy (non-hydrogen) atoms. The second-order valence-electron chi connectivity index (χ2n) is 4.13. The molecule has 1 atom stereocenters. The van der Waals surface area contributed by atoms with Crippen molar-refractivity contribution in [3.63, 3.8) is 0 Å². The van der Waals surface area contributed by atoms with Crippen LogP contribution in [0, 0.1) is 12.3 Å². The van der Waals surface area contributed by atoms with Crippen molar-refractivity contribution in [3.8, 4) is 12.3 Å². The molecule has 3 heteroatoms. The molecule has 0 aromatic heterocycles. The maximum absolute atomic E-state index is 6.00. The van der Waals surface area contributed by atoms with Gasteiger partial charge in [0.25, 0.3) is 0 Å². The third-order valence-electron chi connectivity index (χ3n) is 3.18. The van der Waals surface area contributed by atoms with Crippen molar-refractivity contribution in [2.75, 3.05) is 26.4 Å². The molecular formula is C13H23NO2. The summed E-state index contributed by atoms with van der Waals surface area (Å²) in [4.78, 5) is 0. The van der Waals surface area contributed by atoms with E-state index in [2.05, 4.69) is 18.2 Å². The van der Waals surface area contributed by atoms with Gasteiger partial charge in [0.05, 0.1) is 5.60 Å². The van der Waals surface area contributed by atoms with Gasteiger partial charge in [-0.25, -0.2) is 0 Å². The monoisotopic (exact) mass is 225 g/mol. The molecule has 92 valence electrons. The van der Waals surface area contributed by atoms with Crippen LogP contribution >= 0.6 is 0 Å². The van der Waals surface area contributed by atoms with Gasteiger partial charge in [-0.3, -0.25) is 0 Å². The number of likely N-dealkylation sites (N-methyl/N-ethyl adjacent to an activating group) is 1. The predicted octanol–water partition coefficient (Wildman–Crippen LogP) is 1.57. The van der Waals surface area contributed by atoms with Crippen molar-refractivity contribution in [2.24, 2.45) is 0 Å². The standard InChI is InChI=1S/C13H23NO2/c1-4-7-12(14-5-2)13(16-6-3)8-10-15-11-9-13/h1,12,14H,5-11H2,2-3H3. The van der Waals surface area contributed by atoms with Crippen LogP contribution in [0.3, 0.4) is 0 Å². The van der Waals surface area contributed by atoms with Crippen molar-refractivity contribution < 1.29 is 9.47 Å². The van der Waals surface area contributed by atoms with E-state index >= 15 is 0 Å². The average Bonchev–Trinajstić information content (AvgIpc) is 2.30. The zero-order chi connectivity index (χ0) is 11.9. The fourth-order valence-electron chi connectivity index (χ4n) is 2.41. The third kappa shape index (κ3) is 3.21. The quantitative estimate of drug-likeness (QED) is 0.696. The van der Waals surface area contributed by atoms with E-state index in [1.54, 1.807) is 0 Å². The van der Waals surface area contributed by atoms with E-state index < -0.39 is 0 Å². The van der Waals surface area contributed by atoms with Gasteiger partial charge >= 0.3 is 0 Å². The average molecular weight is 225 g/mol. The van der Waals surface area contributed by atoms with E-state index in [0.29, 0.717) is 6.42 Å². The first-order valence-corrected chi connectivity index (χ1v) is 6.17. The fourth-order valence-corrected chi connectivity index (χ4v) is 2.41. The van der Waals surface area contributed by atoms with Crippen LogP contribution in [0.25, 0.3) is 0 Å². The lowest BCUT2D eigenvalue weighted by Crippen LogP contribution is -2.55. The smallest absolute Gasteiger partial charge is 0.0887 e. The van der Waals surface area contributed by atoms with Crippen LogP contribution in [0.1, 0.15) is 33.1 Å². The molecule has 0 bridgehead atoms. The van der Waals surface area contributed by atoms with Crippen LogP contribution in [0.15, 0.2) is 0 Å². The molecule has 1 aliphatic heterocycles. The van der Waals surface area contributed by atoms with Gasteiger partial charge in [0.2, 0.25) is 0 Å². The first-order chi connectivity index (χ1) is 7.79. The number of terminal acetylenes is 1.